The molecular formula is C44H56N2O6. The SMILES string of the molecule is CCCCOCCOc1ccc(-c2ccc3c(c2)C=C(C(=O)O)CCCN3CC(C)C)cc1-c1ccc2c(c1)C=C(C(=O)O)CCCN2CC(C)C. The van der Waals surface area contributed by atoms with Gasteiger partial charge in [0.1, 0.15) is 12.4 Å². The normalized spacial score (nSPS) is 14.8. The highest BCUT2D eigenvalue weighted by Crippen LogP contribution is 2.40. The maximum Gasteiger partial charge on any atom is 0.331 e. The lowest BCUT2D eigenvalue weighted by Crippen LogP contribution is -2.30. The highest BCUT2D eigenvalue weighted by molar-refractivity contribution is 5.95. The van der Waals surface area contributed by atoms with E-state index in [9.17, 15) is 19.8 Å². The van der Waals surface area contributed by atoms with Gasteiger partial charge in [0.15, 0.2) is 0 Å². The number of benzene rings is 3. The van der Waals surface area contributed by atoms with Crippen molar-refractivity contribution in [1.29, 1.82) is 0 Å². The molecule has 0 unspecified atom stereocenters. The maximum absolute atomic E-state index is 12.2. The Morgan fingerprint density at radius 1 is 0.692 bits per heavy atom. The molecule has 3 aromatic rings. The predicted octanol–water partition coefficient (Wildman–Crippen LogP) is 9.66. The summed E-state index contributed by atoms with van der Waals surface area (Å²) in [6.07, 6.45) is 8.37. The highest BCUT2D eigenvalue weighted by Gasteiger charge is 2.22. The Morgan fingerprint density at radius 3 is 1.75 bits per heavy atom. The van der Waals surface area contributed by atoms with Crippen LogP contribution in [-0.2, 0) is 14.3 Å². The third-order valence-corrected chi connectivity index (χ3v) is 9.62. The van der Waals surface area contributed by atoms with Gasteiger partial charge in [0.05, 0.1) is 6.61 Å². The number of unbranched alkanes of at least 4 members (excludes halogenated alkanes) is 1. The number of carboxylic acid groups (broad SMARTS) is 2. The Bertz CT molecular complexity index is 1770. The lowest BCUT2D eigenvalue weighted by atomic mass is 9.93. The number of aliphatic carboxylic acids is 2. The second kappa shape index (κ2) is 18.3. The number of ether oxygens (including phenoxy) is 2. The minimum absolute atomic E-state index is 0.402. The van der Waals surface area contributed by atoms with Crippen LogP contribution in [0, 0.1) is 11.8 Å². The summed E-state index contributed by atoms with van der Waals surface area (Å²) in [6, 6.07) is 18.8. The molecule has 0 bridgehead atoms. The van der Waals surface area contributed by atoms with E-state index in [2.05, 4.69) is 92.9 Å². The van der Waals surface area contributed by atoms with Gasteiger partial charge in [0, 0.05) is 60.9 Å². The van der Waals surface area contributed by atoms with Gasteiger partial charge < -0.3 is 29.5 Å². The number of hydrogen-bond donors (Lipinski definition) is 2. The predicted molar refractivity (Wildman–Crippen MR) is 212 cm³/mol. The number of carbonyl (C=O) groups is 2. The molecule has 0 aromatic heterocycles. The highest BCUT2D eigenvalue weighted by atomic mass is 16.5. The largest absolute Gasteiger partial charge is 0.491 e. The van der Waals surface area contributed by atoms with Crippen LogP contribution in [0.5, 0.6) is 5.75 Å². The molecule has 2 heterocycles. The van der Waals surface area contributed by atoms with Crippen LogP contribution in [0.25, 0.3) is 34.4 Å². The molecule has 0 radical (unpaired) electrons. The van der Waals surface area contributed by atoms with Crippen molar-refractivity contribution in [3.8, 4) is 28.0 Å². The number of fused-ring (bicyclic) bond motifs is 2. The first kappa shape index (κ1) is 38.7. The molecule has 278 valence electrons. The van der Waals surface area contributed by atoms with E-state index in [-0.39, 0.29) is 0 Å². The minimum Gasteiger partial charge on any atom is -0.491 e. The third kappa shape index (κ3) is 10.1. The maximum atomic E-state index is 12.2. The zero-order valence-electron chi connectivity index (χ0n) is 31.6. The van der Waals surface area contributed by atoms with E-state index in [4.69, 9.17) is 9.47 Å². The van der Waals surface area contributed by atoms with Crippen LogP contribution in [0.4, 0.5) is 11.4 Å². The average Bonchev–Trinajstić information content (AvgIpc) is 3.09. The van der Waals surface area contributed by atoms with Gasteiger partial charge in [-0.15, -0.1) is 0 Å². The number of nitrogens with zero attached hydrogens (tertiary/aromatic N) is 2. The van der Waals surface area contributed by atoms with Gasteiger partial charge in [-0.2, -0.15) is 0 Å². The van der Waals surface area contributed by atoms with E-state index in [1.54, 1.807) is 0 Å². The van der Waals surface area contributed by atoms with Crippen LogP contribution in [0.3, 0.4) is 0 Å². The number of carboxylic acids is 2. The zero-order chi connectivity index (χ0) is 37.2. The van der Waals surface area contributed by atoms with E-state index in [0.717, 1.165) is 102 Å². The fourth-order valence-electron chi connectivity index (χ4n) is 7.16. The van der Waals surface area contributed by atoms with Crippen molar-refractivity contribution in [1.82, 2.24) is 0 Å². The van der Waals surface area contributed by atoms with E-state index in [0.29, 0.717) is 55.6 Å². The molecule has 0 aliphatic carbocycles. The topological polar surface area (TPSA) is 99.5 Å². The van der Waals surface area contributed by atoms with E-state index in [1.807, 2.05) is 18.2 Å². The number of anilines is 2. The van der Waals surface area contributed by atoms with Crippen LogP contribution in [-0.4, -0.2) is 68.2 Å². The molecule has 3 aromatic carbocycles. The quantitative estimate of drug-likeness (QED) is 0.151. The summed E-state index contributed by atoms with van der Waals surface area (Å²) in [7, 11) is 0. The number of hydrogen-bond acceptors (Lipinski definition) is 6. The Morgan fingerprint density at radius 2 is 1.21 bits per heavy atom. The molecule has 0 atom stereocenters. The van der Waals surface area contributed by atoms with Crippen LogP contribution in [0.15, 0.2) is 65.7 Å². The van der Waals surface area contributed by atoms with Gasteiger partial charge >= 0.3 is 11.9 Å². The second-order valence-electron chi connectivity index (χ2n) is 14.9. The summed E-state index contributed by atoms with van der Waals surface area (Å²) in [5.74, 6) is -0.116. The van der Waals surface area contributed by atoms with Crippen molar-refractivity contribution in [2.75, 3.05) is 55.8 Å². The fraction of sp³-hybridized carbons (Fsp3) is 0.455. The van der Waals surface area contributed by atoms with Crippen LogP contribution in [0.2, 0.25) is 0 Å². The minimum atomic E-state index is -0.881. The van der Waals surface area contributed by atoms with Crippen LogP contribution in [0.1, 0.15) is 84.3 Å². The van der Waals surface area contributed by atoms with Crippen molar-refractivity contribution in [3.63, 3.8) is 0 Å². The fourth-order valence-corrected chi connectivity index (χ4v) is 7.16. The van der Waals surface area contributed by atoms with Gasteiger partial charge in [-0.3, -0.25) is 0 Å². The van der Waals surface area contributed by atoms with Gasteiger partial charge in [-0.25, -0.2) is 9.59 Å². The Hall–Kier alpha value is -4.56. The molecule has 2 aliphatic rings. The molecule has 2 aliphatic heterocycles. The first-order chi connectivity index (χ1) is 25.0. The average molecular weight is 709 g/mol. The molecular weight excluding hydrogens is 652 g/mol. The molecule has 0 spiro atoms. The Kier molecular flexibility index (Phi) is 13.6. The molecule has 0 amide bonds. The Labute approximate surface area is 309 Å². The van der Waals surface area contributed by atoms with Crippen molar-refractivity contribution in [3.05, 3.63) is 76.9 Å². The van der Waals surface area contributed by atoms with Crippen LogP contribution >= 0.6 is 0 Å². The summed E-state index contributed by atoms with van der Waals surface area (Å²) >= 11 is 0. The van der Waals surface area contributed by atoms with Crippen LogP contribution < -0.4 is 14.5 Å². The second-order valence-corrected chi connectivity index (χ2v) is 14.9. The summed E-state index contributed by atoms with van der Waals surface area (Å²) in [5, 5.41) is 20.0. The zero-order valence-corrected chi connectivity index (χ0v) is 31.6. The lowest BCUT2D eigenvalue weighted by molar-refractivity contribution is -0.133. The molecule has 8 nitrogen and oxygen atoms in total. The molecule has 52 heavy (non-hydrogen) atoms. The van der Waals surface area contributed by atoms with Crippen molar-refractivity contribution in [2.24, 2.45) is 11.8 Å². The summed E-state index contributed by atoms with van der Waals surface area (Å²) < 4.78 is 12.2. The first-order valence-electron chi connectivity index (χ1n) is 19.0. The van der Waals surface area contributed by atoms with E-state index in [1.165, 1.54) is 0 Å². The third-order valence-electron chi connectivity index (χ3n) is 9.62. The van der Waals surface area contributed by atoms with Gasteiger partial charge in [-0.1, -0.05) is 59.2 Å². The molecule has 0 saturated heterocycles. The molecule has 8 heteroatoms. The monoisotopic (exact) mass is 708 g/mol. The van der Waals surface area contributed by atoms with Crippen molar-refractivity contribution < 1.29 is 29.3 Å². The standard InChI is InChI=1S/C44H56N2O6/c1-6-7-20-51-21-22-52-42-17-14-33(32-12-15-40-37(23-32)25-35(43(47)48)10-8-18-45(40)28-30(2)3)27-39(42)34-13-16-41-38(24-34)26-36(44(49)50)11-9-19-46(41)29-31(4)5/h12-17,23-27,30-31H,6-11,18-22,28-29H2,1-5H3,(H,47,48)(H,49,50). The van der Waals surface area contributed by atoms with Crippen molar-refractivity contribution >= 4 is 35.5 Å². The Balaban J connectivity index is 1.61. The van der Waals surface area contributed by atoms with E-state index >= 15 is 0 Å². The van der Waals surface area contributed by atoms with E-state index < -0.39 is 11.9 Å². The molecule has 2 N–H and O–H groups in total. The van der Waals surface area contributed by atoms with Crippen molar-refractivity contribution in [2.45, 2.75) is 73.1 Å². The molecule has 0 saturated carbocycles. The molecule has 0 fully saturated rings. The smallest absolute Gasteiger partial charge is 0.331 e. The number of rotatable bonds is 15. The van der Waals surface area contributed by atoms with Gasteiger partial charge in [0.2, 0.25) is 0 Å². The summed E-state index contributed by atoms with van der Waals surface area (Å²) in [5.41, 5.74) is 8.48. The van der Waals surface area contributed by atoms with Gasteiger partial charge in [-0.05, 0) is 120 Å². The summed E-state index contributed by atoms with van der Waals surface area (Å²) in [4.78, 5) is 29.2. The summed E-state index contributed by atoms with van der Waals surface area (Å²) in [6.45, 7) is 15.9. The molecule has 5 rings (SSSR count). The first-order valence-corrected chi connectivity index (χ1v) is 19.0. The van der Waals surface area contributed by atoms with Gasteiger partial charge in [0.25, 0.3) is 0 Å². The lowest BCUT2D eigenvalue weighted by Gasteiger charge is -2.30.